The highest BCUT2D eigenvalue weighted by Crippen LogP contribution is 2.09. The Morgan fingerprint density at radius 1 is 1.44 bits per heavy atom. The van der Waals surface area contributed by atoms with E-state index < -0.39 is 0 Å². The van der Waals surface area contributed by atoms with Crippen LogP contribution in [0.2, 0.25) is 0 Å². The van der Waals surface area contributed by atoms with E-state index in [2.05, 4.69) is 5.10 Å². The molecule has 0 saturated carbocycles. The lowest BCUT2D eigenvalue weighted by molar-refractivity contribution is 0.102. The molecule has 4 heteroatoms. The van der Waals surface area contributed by atoms with Gasteiger partial charge in [-0.2, -0.15) is 5.10 Å². The summed E-state index contributed by atoms with van der Waals surface area (Å²) in [7, 11) is 1.82. The Kier molecular flexibility index (Phi) is 2.72. The average Bonchev–Trinajstić information content (AvgIpc) is 2.84. The van der Waals surface area contributed by atoms with Gasteiger partial charge in [0.15, 0.2) is 5.76 Å². The van der Waals surface area contributed by atoms with Crippen molar-refractivity contribution in [2.24, 2.45) is 7.05 Å². The molecule has 0 N–H and O–H groups in total. The monoisotopic (exact) mass is 216 g/mol. The van der Waals surface area contributed by atoms with Crippen LogP contribution in [0.4, 0.5) is 0 Å². The maximum absolute atomic E-state index is 11.7. The number of nitrogens with zero attached hydrogens (tertiary/aromatic N) is 2. The van der Waals surface area contributed by atoms with E-state index in [-0.39, 0.29) is 5.78 Å². The zero-order chi connectivity index (χ0) is 11.5. The maximum atomic E-state index is 11.7. The smallest absolute Gasteiger partial charge is 0.221 e. The molecular formula is C12H12N2O2. The van der Waals surface area contributed by atoms with E-state index >= 15 is 0 Å². The van der Waals surface area contributed by atoms with Gasteiger partial charge < -0.3 is 4.42 Å². The molecule has 0 radical (unpaired) electrons. The van der Waals surface area contributed by atoms with Crippen molar-refractivity contribution < 1.29 is 9.21 Å². The Morgan fingerprint density at radius 3 is 2.81 bits per heavy atom. The maximum Gasteiger partial charge on any atom is 0.221 e. The van der Waals surface area contributed by atoms with E-state index in [1.165, 1.54) is 6.08 Å². The summed E-state index contributed by atoms with van der Waals surface area (Å²) in [5.41, 5.74) is 0.872. The molecule has 0 amide bonds. The topological polar surface area (TPSA) is 48.0 Å². The molecule has 2 aromatic heterocycles. The number of allylic oxidation sites excluding steroid dienone is 1. The minimum absolute atomic E-state index is 0.144. The normalized spacial score (nSPS) is 11.1. The molecule has 2 rings (SSSR count). The molecule has 2 heterocycles. The first-order valence-electron chi connectivity index (χ1n) is 4.93. The summed E-state index contributed by atoms with van der Waals surface area (Å²) in [6.45, 7) is 1.81. The largest absolute Gasteiger partial charge is 0.458 e. The molecule has 0 aliphatic heterocycles. The Hall–Kier alpha value is -2.10. The van der Waals surface area contributed by atoms with Crippen LogP contribution in [0.5, 0.6) is 0 Å². The average molecular weight is 216 g/mol. The minimum Gasteiger partial charge on any atom is -0.458 e. The molecule has 82 valence electrons. The van der Waals surface area contributed by atoms with Gasteiger partial charge in [-0.05, 0) is 37.3 Å². The van der Waals surface area contributed by atoms with Crippen LogP contribution in [0.1, 0.15) is 22.0 Å². The van der Waals surface area contributed by atoms with Gasteiger partial charge in [0, 0.05) is 13.2 Å². The zero-order valence-electron chi connectivity index (χ0n) is 9.18. The Balaban J connectivity index is 2.14. The van der Waals surface area contributed by atoms with Gasteiger partial charge in [0.2, 0.25) is 5.78 Å². The molecule has 0 unspecified atom stereocenters. The molecule has 16 heavy (non-hydrogen) atoms. The number of carbonyl (C=O) groups is 1. The van der Waals surface area contributed by atoms with E-state index in [1.54, 1.807) is 29.1 Å². The SMILES string of the molecule is Cc1ccc(C(=O)C=Cc2ccnn2C)o1. The highest BCUT2D eigenvalue weighted by molar-refractivity contribution is 6.04. The third-order valence-corrected chi connectivity index (χ3v) is 2.25. The summed E-state index contributed by atoms with van der Waals surface area (Å²) in [5, 5.41) is 4.00. The van der Waals surface area contributed by atoms with E-state index in [4.69, 9.17) is 4.42 Å². The molecule has 0 aromatic carbocycles. The van der Waals surface area contributed by atoms with Gasteiger partial charge in [-0.1, -0.05) is 0 Å². The van der Waals surface area contributed by atoms with Crippen molar-refractivity contribution in [1.29, 1.82) is 0 Å². The lowest BCUT2D eigenvalue weighted by Crippen LogP contribution is -1.94. The van der Waals surface area contributed by atoms with Gasteiger partial charge in [0.1, 0.15) is 5.76 Å². The number of hydrogen-bond acceptors (Lipinski definition) is 3. The lowest BCUT2D eigenvalue weighted by atomic mass is 10.2. The van der Waals surface area contributed by atoms with Crippen LogP contribution in [0.15, 0.2) is 34.9 Å². The summed E-state index contributed by atoms with van der Waals surface area (Å²) in [5.74, 6) is 0.947. The van der Waals surface area contributed by atoms with Crippen molar-refractivity contribution in [1.82, 2.24) is 9.78 Å². The first-order chi connectivity index (χ1) is 7.66. The van der Waals surface area contributed by atoms with E-state index in [9.17, 15) is 4.79 Å². The second-order valence-electron chi connectivity index (χ2n) is 3.49. The third kappa shape index (κ3) is 2.11. The highest BCUT2D eigenvalue weighted by Gasteiger charge is 2.06. The fourth-order valence-electron chi connectivity index (χ4n) is 1.36. The fourth-order valence-corrected chi connectivity index (χ4v) is 1.36. The Labute approximate surface area is 93.2 Å². The van der Waals surface area contributed by atoms with Crippen LogP contribution >= 0.6 is 0 Å². The molecule has 2 aromatic rings. The quantitative estimate of drug-likeness (QED) is 0.583. The first kappa shape index (κ1) is 10.4. The van der Waals surface area contributed by atoms with Gasteiger partial charge in [-0.15, -0.1) is 0 Å². The van der Waals surface area contributed by atoms with Crippen LogP contribution in [0.3, 0.4) is 0 Å². The van der Waals surface area contributed by atoms with Crippen LogP contribution < -0.4 is 0 Å². The van der Waals surface area contributed by atoms with Crippen molar-refractivity contribution in [2.45, 2.75) is 6.92 Å². The van der Waals surface area contributed by atoms with E-state index in [0.29, 0.717) is 5.76 Å². The highest BCUT2D eigenvalue weighted by atomic mass is 16.3. The first-order valence-corrected chi connectivity index (χ1v) is 4.93. The minimum atomic E-state index is -0.144. The van der Waals surface area contributed by atoms with Crippen molar-refractivity contribution in [3.8, 4) is 0 Å². The van der Waals surface area contributed by atoms with Gasteiger partial charge in [-0.3, -0.25) is 9.48 Å². The number of furan rings is 1. The zero-order valence-corrected chi connectivity index (χ0v) is 9.18. The predicted octanol–water partition coefficient (Wildman–Crippen LogP) is 2.22. The van der Waals surface area contributed by atoms with Crippen LogP contribution in [0.25, 0.3) is 6.08 Å². The van der Waals surface area contributed by atoms with Gasteiger partial charge in [0.05, 0.1) is 5.69 Å². The van der Waals surface area contributed by atoms with Crippen LogP contribution in [-0.2, 0) is 7.05 Å². The number of aryl methyl sites for hydroxylation is 2. The summed E-state index contributed by atoms with van der Waals surface area (Å²) in [6, 6.07) is 5.27. The second-order valence-corrected chi connectivity index (χ2v) is 3.49. The molecule has 4 nitrogen and oxygen atoms in total. The Bertz CT molecular complexity index is 535. The number of ketones is 1. The summed E-state index contributed by atoms with van der Waals surface area (Å²) in [6.07, 6.45) is 4.88. The number of hydrogen-bond donors (Lipinski definition) is 0. The second kappa shape index (κ2) is 4.18. The summed E-state index contributed by atoms with van der Waals surface area (Å²) < 4.78 is 6.91. The fraction of sp³-hybridized carbons (Fsp3) is 0.167. The van der Waals surface area contributed by atoms with Gasteiger partial charge in [-0.25, -0.2) is 0 Å². The summed E-state index contributed by atoms with van der Waals surface area (Å²) in [4.78, 5) is 11.7. The molecule has 0 saturated heterocycles. The van der Waals surface area contributed by atoms with Crippen LogP contribution in [-0.4, -0.2) is 15.6 Å². The predicted molar refractivity (Wildman–Crippen MR) is 60.0 cm³/mol. The van der Waals surface area contributed by atoms with E-state index in [0.717, 1.165) is 11.5 Å². The van der Waals surface area contributed by atoms with Gasteiger partial charge in [0.25, 0.3) is 0 Å². The molecule has 0 spiro atoms. The molecule has 0 aliphatic rings. The molecule has 0 bridgehead atoms. The number of aromatic nitrogens is 2. The van der Waals surface area contributed by atoms with Crippen molar-refractivity contribution in [2.75, 3.05) is 0 Å². The number of carbonyl (C=O) groups excluding carboxylic acids is 1. The van der Waals surface area contributed by atoms with Gasteiger partial charge >= 0.3 is 0 Å². The Morgan fingerprint density at radius 2 is 2.25 bits per heavy atom. The molecule has 0 atom stereocenters. The summed E-state index contributed by atoms with van der Waals surface area (Å²) >= 11 is 0. The van der Waals surface area contributed by atoms with Crippen molar-refractivity contribution in [3.63, 3.8) is 0 Å². The molecular weight excluding hydrogens is 204 g/mol. The van der Waals surface area contributed by atoms with Crippen molar-refractivity contribution in [3.05, 3.63) is 47.7 Å². The lowest BCUT2D eigenvalue weighted by Gasteiger charge is -1.93. The van der Waals surface area contributed by atoms with Crippen LogP contribution in [0, 0.1) is 6.92 Å². The van der Waals surface area contributed by atoms with Crippen molar-refractivity contribution >= 4 is 11.9 Å². The third-order valence-electron chi connectivity index (χ3n) is 2.25. The molecule has 0 aliphatic carbocycles. The van der Waals surface area contributed by atoms with E-state index in [1.807, 2.05) is 20.0 Å². The molecule has 0 fully saturated rings. The standard InChI is InChI=1S/C12H12N2O2/c1-9-3-6-12(16-9)11(15)5-4-10-7-8-13-14(10)2/h3-8H,1-2H3. The number of rotatable bonds is 3.